The molecule has 1 aromatic heterocycles. The highest BCUT2D eigenvalue weighted by atomic mass is 32.2. The zero-order chi connectivity index (χ0) is 24.3. The molecule has 34 heavy (non-hydrogen) atoms. The third-order valence-corrected chi connectivity index (χ3v) is 5.58. The van der Waals surface area contributed by atoms with E-state index >= 15 is 0 Å². The van der Waals surface area contributed by atoms with Crippen molar-refractivity contribution in [3.8, 4) is 17.1 Å². The van der Waals surface area contributed by atoms with Crippen LogP contribution in [-0.2, 0) is 11.0 Å². The molecule has 0 spiro atoms. The van der Waals surface area contributed by atoms with Gasteiger partial charge in [-0.25, -0.2) is 8.78 Å². The van der Waals surface area contributed by atoms with Crippen molar-refractivity contribution in [2.45, 2.75) is 11.3 Å². The summed E-state index contributed by atoms with van der Waals surface area (Å²) in [5, 5.41) is 10.5. The van der Waals surface area contributed by atoms with Gasteiger partial charge in [-0.15, -0.1) is 10.2 Å². The first-order valence-electron chi connectivity index (χ1n) is 9.79. The number of carbonyl (C=O) groups is 1. The quantitative estimate of drug-likeness (QED) is 0.268. The molecule has 0 aliphatic rings. The summed E-state index contributed by atoms with van der Waals surface area (Å²) < 4.78 is 69.0. The lowest BCUT2D eigenvalue weighted by atomic mass is 10.1. The van der Waals surface area contributed by atoms with Gasteiger partial charge in [-0.3, -0.25) is 9.36 Å². The number of thioether (sulfide) groups is 1. The minimum absolute atomic E-state index is 0.0458. The lowest BCUT2D eigenvalue weighted by Crippen LogP contribution is -2.18. The molecule has 1 N–H and O–H groups in total. The first kappa shape index (κ1) is 23.4. The molecule has 0 radical (unpaired) electrons. The lowest BCUT2D eigenvalue weighted by molar-refractivity contribution is -0.137. The molecular formula is C23H15F5N4OS. The Bertz CT molecular complexity index is 1320. The van der Waals surface area contributed by atoms with Crippen molar-refractivity contribution in [2.24, 2.45) is 0 Å². The van der Waals surface area contributed by atoms with Crippen molar-refractivity contribution < 1.29 is 26.7 Å². The van der Waals surface area contributed by atoms with Gasteiger partial charge in [-0.2, -0.15) is 13.2 Å². The van der Waals surface area contributed by atoms with E-state index in [0.29, 0.717) is 11.6 Å². The molecule has 0 saturated carbocycles. The van der Waals surface area contributed by atoms with E-state index in [2.05, 4.69) is 15.5 Å². The van der Waals surface area contributed by atoms with Gasteiger partial charge in [-0.05, 0) is 24.3 Å². The molecule has 0 unspecified atom stereocenters. The average Bonchev–Trinajstić information content (AvgIpc) is 3.21. The number of hydrogen-bond acceptors (Lipinski definition) is 4. The lowest BCUT2D eigenvalue weighted by Gasteiger charge is -2.14. The van der Waals surface area contributed by atoms with Crippen LogP contribution in [0.15, 0.2) is 78.0 Å². The molecule has 174 valence electrons. The zero-order valence-corrected chi connectivity index (χ0v) is 18.0. The highest BCUT2D eigenvalue weighted by Gasteiger charge is 2.33. The number of alkyl halides is 3. The van der Waals surface area contributed by atoms with Gasteiger partial charge in [0.15, 0.2) is 11.0 Å². The Balaban J connectivity index is 1.62. The zero-order valence-electron chi connectivity index (χ0n) is 17.2. The Hall–Kier alpha value is -3.73. The number of carbonyl (C=O) groups excluding carboxylic acids is 1. The van der Waals surface area contributed by atoms with E-state index in [1.165, 1.54) is 22.8 Å². The maximum absolute atomic E-state index is 14.6. The van der Waals surface area contributed by atoms with E-state index < -0.39 is 29.3 Å². The summed E-state index contributed by atoms with van der Waals surface area (Å²) in [5.41, 5.74) is -0.808. The highest BCUT2D eigenvalue weighted by molar-refractivity contribution is 7.99. The van der Waals surface area contributed by atoms with Gasteiger partial charge in [0.2, 0.25) is 5.91 Å². The summed E-state index contributed by atoms with van der Waals surface area (Å²) >= 11 is 0.847. The smallest absolute Gasteiger partial charge is 0.325 e. The molecule has 0 aliphatic heterocycles. The molecule has 5 nitrogen and oxygen atoms in total. The highest BCUT2D eigenvalue weighted by Crippen LogP contribution is 2.35. The predicted molar refractivity (Wildman–Crippen MR) is 118 cm³/mol. The standard InChI is InChI=1S/C23H15F5N4OS/c24-15-10-11-19(17(25)12-15)32-21(14-6-2-1-3-7-14)30-31-22(32)34-13-20(33)29-18-9-5-4-8-16(18)23(26,27)28/h1-12H,13H2,(H,29,33). The van der Waals surface area contributed by atoms with E-state index in [0.717, 1.165) is 30.0 Å². The molecule has 0 fully saturated rings. The molecule has 4 rings (SSSR count). The van der Waals surface area contributed by atoms with E-state index in [-0.39, 0.29) is 28.1 Å². The average molecular weight is 490 g/mol. The van der Waals surface area contributed by atoms with Crippen LogP contribution < -0.4 is 5.32 Å². The van der Waals surface area contributed by atoms with Crippen LogP contribution in [-0.4, -0.2) is 26.4 Å². The Morgan fingerprint density at radius 3 is 2.35 bits per heavy atom. The molecule has 1 heterocycles. The molecule has 0 atom stereocenters. The van der Waals surface area contributed by atoms with Crippen LogP contribution in [0.25, 0.3) is 17.1 Å². The first-order chi connectivity index (χ1) is 16.2. The number of aromatic nitrogens is 3. The fourth-order valence-electron chi connectivity index (χ4n) is 3.17. The molecule has 4 aromatic rings. The second kappa shape index (κ2) is 9.64. The SMILES string of the molecule is O=C(CSc1nnc(-c2ccccc2)n1-c1ccc(F)cc1F)Nc1ccccc1C(F)(F)F. The van der Waals surface area contributed by atoms with Crippen molar-refractivity contribution in [3.05, 3.63) is 90.0 Å². The Kier molecular flexibility index (Phi) is 6.64. The Morgan fingerprint density at radius 1 is 0.941 bits per heavy atom. The summed E-state index contributed by atoms with van der Waals surface area (Å²) in [7, 11) is 0. The van der Waals surface area contributed by atoms with Crippen molar-refractivity contribution in [3.63, 3.8) is 0 Å². The van der Waals surface area contributed by atoms with Crippen molar-refractivity contribution in [1.29, 1.82) is 0 Å². The predicted octanol–water partition coefficient (Wildman–Crippen LogP) is 5.96. The number of rotatable bonds is 6. The molecule has 0 aliphatic carbocycles. The fraction of sp³-hybridized carbons (Fsp3) is 0.0870. The van der Waals surface area contributed by atoms with Gasteiger partial charge in [0.1, 0.15) is 11.6 Å². The van der Waals surface area contributed by atoms with Crippen molar-refractivity contribution in [2.75, 3.05) is 11.1 Å². The fourth-order valence-corrected chi connectivity index (χ4v) is 3.92. The van der Waals surface area contributed by atoms with Gasteiger partial charge in [0.05, 0.1) is 22.7 Å². The molecule has 11 heteroatoms. The Morgan fingerprint density at radius 2 is 1.65 bits per heavy atom. The number of hydrogen-bond donors (Lipinski definition) is 1. The third-order valence-electron chi connectivity index (χ3n) is 4.65. The number of halogens is 5. The second-order valence-corrected chi connectivity index (χ2v) is 7.93. The van der Waals surface area contributed by atoms with Crippen LogP contribution in [0.2, 0.25) is 0 Å². The summed E-state index contributed by atoms with van der Waals surface area (Å²) in [6.07, 6.45) is -4.64. The number of nitrogens with one attached hydrogen (secondary N) is 1. The van der Waals surface area contributed by atoms with Gasteiger partial charge in [0, 0.05) is 11.6 Å². The van der Waals surface area contributed by atoms with Gasteiger partial charge in [0.25, 0.3) is 0 Å². The first-order valence-corrected chi connectivity index (χ1v) is 10.8. The maximum atomic E-state index is 14.6. The van der Waals surface area contributed by atoms with E-state index in [9.17, 15) is 26.7 Å². The number of para-hydroxylation sites is 1. The topological polar surface area (TPSA) is 59.8 Å². The molecule has 0 bridgehead atoms. The third kappa shape index (κ3) is 5.09. The van der Waals surface area contributed by atoms with Gasteiger partial charge < -0.3 is 5.32 Å². The van der Waals surface area contributed by atoms with Crippen LogP contribution in [0.3, 0.4) is 0 Å². The van der Waals surface area contributed by atoms with E-state index in [1.54, 1.807) is 30.3 Å². The van der Waals surface area contributed by atoms with E-state index in [1.807, 2.05) is 0 Å². The Labute approximate surface area is 194 Å². The van der Waals surface area contributed by atoms with E-state index in [4.69, 9.17) is 0 Å². The van der Waals surface area contributed by atoms with Crippen LogP contribution in [0, 0.1) is 11.6 Å². The maximum Gasteiger partial charge on any atom is 0.418 e. The summed E-state index contributed by atoms with van der Waals surface area (Å²) in [4.78, 5) is 12.4. The van der Waals surface area contributed by atoms with Gasteiger partial charge in [-0.1, -0.05) is 54.2 Å². The molecule has 1 amide bonds. The summed E-state index contributed by atoms with van der Waals surface area (Å²) in [6, 6.07) is 16.3. The minimum Gasteiger partial charge on any atom is -0.325 e. The minimum atomic E-state index is -4.64. The number of nitrogens with zero attached hydrogens (tertiary/aromatic N) is 3. The molecule has 0 saturated heterocycles. The van der Waals surface area contributed by atoms with Crippen LogP contribution in [0.1, 0.15) is 5.56 Å². The number of anilines is 1. The van der Waals surface area contributed by atoms with Gasteiger partial charge >= 0.3 is 6.18 Å². The summed E-state index contributed by atoms with van der Waals surface area (Å²) in [6.45, 7) is 0. The van der Waals surface area contributed by atoms with Crippen LogP contribution >= 0.6 is 11.8 Å². The number of benzene rings is 3. The second-order valence-electron chi connectivity index (χ2n) is 6.98. The molecule has 3 aromatic carbocycles. The summed E-state index contributed by atoms with van der Waals surface area (Å²) in [5.74, 6) is -2.45. The van der Waals surface area contributed by atoms with Crippen molar-refractivity contribution >= 4 is 23.4 Å². The monoisotopic (exact) mass is 490 g/mol. The van der Waals surface area contributed by atoms with Crippen molar-refractivity contribution in [1.82, 2.24) is 14.8 Å². The van der Waals surface area contributed by atoms with Crippen LogP contribution in [0.4, 0.5) is 27.6 Å². The van der Waals surface area contributed by atoms with Crippen LogP contribution in [0.5, 0.6) is 0 Å². The normalized spacial score (nSPS) is 11.4. The largest absolute Gasteiger partial charge is 0.418 e. The molecular weight excluding hydrogens is 475 g/mol. The number of amides is 1.